The van der Waals surface area contributed by atoms with E-state index in [0.29, 0.717) is 46.3 Å². The maximum atomic E-state index is 13.4. The van der Waals surface area contributed by atoms with Crippen molar-refractivity contribution in [2.24, 2.45) is 0 Å². The number of rotatable bonds is 2. The zero-order valence-electron chi connectivity index (χ0n) is 18.4. The van der Waals surface area contributed by atoms with E-state index in [-0.39, 0.29) is 24.3 Å². The van der Waals surface area contributed by atoms with Gasteiger partial charge in [0.1, 0.15) is 5.69 Å². The van der Waals surface area contributed by atoms with E-state index in [0.717, 1.165) is 18.4 Å². The van der Waals surface area contributed by atoms with Crippen LogP contribution in [0.25, 0.3) is 11.3 Å². The van der Waals surface area contributed by atoms with Crippen LogP contribution >= 0.6 is 11.6 Å². The van der Waals surface area contributed by atoms with Gasteiger partial charge in [-0.05, 0) is 54.8 Å². The summed E-state index contributed by atoms with van der Waals surface area (Å²) in [6, 6.07) is 16.5. The predicted molar refractivity (Wildman–Crippen MR) is 129 cm³/mol. The van der Waals surface area contributed by atoms with Crippen molar-refractivity contribution in [3.05, 3.63) is 82.5 Å². The Bertz CT molecular complexity index is 1340. The monoisotopic (exact) mass is 471 g/mol. The number of halogens is 1. The van der Waals surface area contributed by atoms with Gasteiger partial charge < -0.3 is 10.2 Å². The number of amides is 2. The minimum atomic E-state index is -0.132. The minimum absolute atomic E-state index is 0.00430. The molecule has 1 unspecified atom stereocenters. The van der Waals surface area contributed by atoms with E-state index < -0.39 is 0 Å². The molecule has 3 aromatic rings. The van der Waals surface area contributed by atoms with Gasteiger partial charge in [-0.15, -0.1) is 0 Å². The molecule has 2 aromatic carbocycles. The molecular formula is C26H22ClN5O2. The number of allylic oxidation sites excluding steroid dienone is 1. The summed E-state index contributed by atoms with van der Waals surface area (Å²) in [7, 11) is 0. The Kier molecular flexibility index (Phi) is 5.91. The number of anilines is 1. The van der Waals surface area contributed by atoms with Gasteiger partial charge in [-0.25, -0.2) is 0 Å². The second-order valence-corrected chi connectivity index (χ2v) is 8.94. The minimum Gasteiger partial charge on any atom is -0.331 e. The average molecular weight is 472 g/mol. The van der Waals surface area contributed by atoms with Crippen molar-refractivity contribution < 1.29 is 9.59 Å². The first kappa shape index (κ1) is 21.9. The lowest BCUT2D eigenvalue weighted by atomic mass is 10.0. The average Bonchev–Trinajstić information content (AvgIpc) is 3.27. The van der Waals surface area contributed by atoms with Crippen LogP contribution in [0, 0.1) is 11.3 Å². The zero-order valence-corrected chi connectivity index (χ0v) is 19.1. The lowest BCUT2D eigenvalue weighted by Crippen LogP contribution is -2.42. The molecule has 170 valence electrons. The first-order valence-corrected chi connectivity index (χ1v) is 11.5. The number of benzene rings is 2. The first-order chi connectivity index (χ1) is 16.5. The van der Waals surface area contributed by atoms with Crippen LogP contribution in [0.3, 0.4) is 0 Å². The summed E-state index contributed by atoms with van der Waals surface area (Å²) >= 11 is 6.20. The molecule has 8 heteroatoms. The van der Waals surface area contributed by atoms with E-state index in [1.54, 1.807) is 30.3 Å². The molecule has 0 fully saturated rings. The predicted octanol–water partition coefficient (Wildman–Crippen LogP) is 4.95. The highest BCUT2D eigenvalue weighted by Crippen LogP contribution is 2.34. The summed E-state index contributed by atoms with van der Waals surface area (Å²) in [5.41, 5.74) is 3.98. The maximum Gasteiger partial charge on any atom is 0.272 e. The maximum absolute atomic E-state index is 13.4. The van der Waals surface area contributed by atoms with Crippen LogP contribution in [0.1, 0.15) is 46.9 Å². The highest BCUT2D eigenvalue weighted by molar-refractivity contribution is 6.31. The van der Waals surface area contributed by atoms with Gasteiger partial charge in [0.05, 0.1) is 29.1 Å². The van der Waals surface area contributed by atoms with E-state index >= 15 is 0 Å². The van der Waals surface area contributed by atoms with Crippen molar-refractivity contribution in [1.29, 1.82) is 5.26 Å². The van der Waals surface area contributed by atoms with Crippen LogP contribution in [-0.4, -0.2) is 33.0 Å². The second kappa shape index (κ2) is 9.16. The van der Waals surface area contributed by atoms with Crippen LogP contribution in [0.15, 0.2) is 60.7 Å². The molecule has 1 aromatic heterocycles. The quantitative estimate of drug-likeness (QED) is 0.535. The van der Waals surface area contributed by atoms with E-state index in [4.69, 9.17) is 22.0 Å². The Labute approximate surface area is 202 Å². The molecule has 2 aliphatic heterocycles. The lowest BCUT2D eigenvalue weighted by Gasteiger charge is -2.33. The Hall–Kier alpha value is -3.89. The lowest BCUT2D eigenvalue weighted by molar-refractivity contribution is -0.115. The SMILES string of the molecule is N#Cc1ccc(CN2CC3CC/C=C/CC(=O)Nc4cc(Cl)ccc4-c4cc(n3n4)C2=O)cc1. The number of fused-ring (bicyclic) bond motifs is 3. The van der Waals surface area contributed by atoms with Gasteiger partial charge in [0, 0.05) is 30.1 Å². The van der Waals surface area contributed by atoms with Gasteiger partial charge >= 0.3 is 0 Å². The Morgan fingerprint density at radius 3 is 2.74 bits per heavy atom. The Morgan fingerprint density at radius 2 is 1.94 bits per heavy atom. The van der Waals surface area contributed by atoms with Crippen LogP contribution in [-0.2, 0) is 11.3 Å². The normalized spacial score (nSPS) is 18.6. The standard InChI is InChI=1S/C26H22ClN5O2/c27-19-10-11-21-22(12-19)29-25(33)5-3-1-2-4-20-16-31(15-18-8-6-17(14-28)7-9-18)26(34)24-13-23(21)30-32(20)24/h1,3,6-13,20H,2,4-5,15-16H2,(H,29,33)/b3-1+. The summed E-state index contributed by atoms with van der Waals surface area (Å²) in [5, 5.41) is 17.3. The molecular weight excluding hydrogens is 450 g/mol. The zero-order chi connectivity index (χ0) is 23.7. The summed E-state index contributed by atoms with van der Waals surface area (Å²) in [4.78, 5) is 27.7. The fourth-order valence-corrected chi connectivity index (χ4v) is 4.61. The van der Waals surface area contributed by atoms with Gasteiger partial charge in [-0.1, -0.05) is 35.9 Å². The topological polar surface area (TPSA) is 91.0 Å². The van der Waals surface area contributed by atoms with Gasteiger partial charge in [0.15, 0.2) is 0 Å². The smallest absolute Gasteiger partial charge is 0.272 e. The van der Waals surface area contributed by atoms with Crippen molar-refractivity contribution >= 4 is 29.1 Å². The summed E-state index contributed by atoms with van der Waals surface area (Å²) in [5.74, 6) is -0.228. The van der Waals surface area contributed by atoms with Crippen molar-refractivity contribution in [2.75, 3.05) is 11.9 Å². The second-order valence-electron chi connectivity index (χ2n) is 8.50. The molecule has 2 amide bonds. The first-order valence-electron chi connectivity index (χ1n) is 11.1. The molecule has 0 saturated carbocycles. The molecule has 5 rings (SSSR count). The number of carbonyl (C=O) groups excluding carboxylic acids is 2. The van der Waals surface area contributed by atoms with Crippen LogP contribution < -0.4 is 5.32 Å². The van der Waals surface area contributed by atoms with Crippen molar-refractivity contribution in [3.8, 4) is 17.3 Å². The number of nitrogens with one attached hydrogen (secondary N) is 1. The summed E-state index contributed by atoms with van der Waals surface area (Å²) in [6.07, 6.45) is 5.70. The van der Waals surface area contributed by atoms with Crippen molar-refractivity contribution in [2.45, 2.75) is 31.8 Å². The fraction of sp³-hybridized carbons (Fsp3) is 0.231. The number of hydrogen-bond acceptors (Lipinski definition) is 4. The largest absolute Gasteiger partial charge is 0.331 e. The highest BCUT2D eigenvalue weighted by atomic mass is 35.5. The van der Waals surface area contributed by atoms with Crippen LogP contribution in [0.5, 0.6) is 0 Å². The number of hydrogen-bond donors (Lipinski definition) is 1. The molecule has 2 bridgehead atoms. The van der Waals surface area contributed by atoms with Crippen LogP contribution in [0.2, 0.25) is 5.02 Å². The van der Waals surface area contributed by atoms with Gasteiger partial charge in [0.2, 0.25) is 5.91 Å². The molecule has 0 spiro atoms. The Morgan fingerprint density at radius 1 is 1.12 bits per heavy atom. The highest BCUT2D eigenvalue weighted by Gasteiger charge is 2.33. The molecule has 3 heterocycles. The van der Waals surface area contributed by atoms with Crippen molar-refractivity contribution in [3.63, 3.8) is 0 Å². The molecule has 0 saturated heterocycles. The van der Waals surface area contributed by atoms with E-state index in [1.807, 2.05) is 39.9 Å². The van der Waals surface area contributed by atoms with Gasteiger partial charge in [0.25, 0.3) is 5.91 Å². The molecule has 7 nitrogen and oxygen atoms in total. The number of carbonyl (C=O) groups is 2. The van der Waals surface area contributed by atoms with Gasteiger partial charge in [-0.3, -0.25) is 14.3 Å². The summed E-state index contributed by atoms with van der Waals surface area (Å²) in [6.45, 7) is 0.991. The van der Waals surface area contributed by atoms with Gasteiger partial charge in [-0.2, -0.15) is 10.4 Å². The van der Waals surface area contributed by atoms with Crippen LogP contribution in [0.4, 0.5) is 5.69 Å². The number of aromatic nitrogens is 2. The number of nitrogens with zero attached hydrogens (tertiary/aromatic N) is 4. The van der Waals surface area contributed by atoms with E-state index in [9.17, 15) is 9.59 Å². The third kappa shape index (κ3) is 4.33. The third-order valence-corrected chi connectivity index (χ3v) is 6.38. The third-order valence-electron chi connectivity index (χ3n) is 6.14. The molecule has 1 N–H and O–H groups in total. The number of nitriles is 1. The van der Waals surface area contributed by atoms with E-state index in [2.05, 4.69) is 11.4 Å². The molecule has 34 heavy (non-hydrogen) atoms. The molecule has 2 aliphatic rings. The Balaban J connectivity index is 1.54. The van der Waals surface area contributed by atoms with E-state index in [1.165, 1.54) is 0 Å². The van der Waals surface area contributed by atoms with Crippen molar-refractivity contribution in [1.82, 2.24) is 14.7 Å². The fourth-order valence-electron chi connectivity index (χ4n) is 4.44. The molecule has 1 atom stereocenters. The molecule has 0 aliphatic carbocycles. The summed E-state index contributed by atoms with van der Waals surface area (Å²) < 4.78 is 1.83. The molecule has 0 radical (unpaired) electrons.